The highest BCUT2D eigenvalue weighted by Crippen LogP contribution is 2.23. The molecule has 2 saturated heterocycles. The van der Waals surface area contributed by atoms with Crippen LogP contribution >= 0.6 is 0 Å². The van der Waals surface area contributed by atoms with Gasteiger partial charge in [0.25, 0.3) is 0 Å². The van der Waals surface area contributed by atoms with Crippen molar-refractivity contribution in [2.45, 2.75) is 38.6 Å². The van der Waals surface area contributed by atoms with Crippen molar-refractivity contribution in [2.24, 2.45) is 5.92 Å². The molecule has 17 heavy (non-hydrogen) atoms. The molecule has 2 fully saturated rings. The number of methoxy groups -OCH3 is 1. The zero-order valence-electron chi connectivity index (χ0n) is 11.5. The molecule has 0 unspecified atom stereocenters. The van der Waals surface area contributed by atoms with Crippen molar-refractivity contribution in [1.29, 1.82) is 0 Å². The van der Waals surface area contributed by atoms with E-state index >= 15 is 0 Å². The van der Waals surface area contributed by atoms with E-state index in [0.29, 0.717) is 0 Å². The Kier molecular flexibility index (Phi) is 5.26. The van der Waals surface area contributed by atoms with Gasteiger partial charge in [-0.2, -0.15) is 0 Å². The monoisotopic (exact) mass is 240 g/mol. The molecule has 0 N–H and O–H groups in total. The predicted molar refractivity (Wildman–Crippen MR) is 71.3 cm³/mol. The maximum Gasteiger partial charge on any atom is 0.0589 e. The Hall–Kier alpha value is -0.120. The number of hydrogen-bond acceptors (Lipinski definition) is 3. The number of hydrogen-bond donors (Lipinski definition) is 0. The molecule has 0 spiro atoms. The molecule has 2 heterocycles. The summed E-state index contributed by atoms with van der Waals surface area (Å²) in [5.41, 5.74) is 0. The van der Waals surface area contributed by atoms with Crippen LogP contribution in [-0.2, 0) is 4.74 Å². The molecule has 2 aliphatic heterocycles. The Morgan fingerprint density at radius 2 is 1.65 bits per heavy atom. The van der Waals surface area contributed by atoms with Crippen LogP contribution in [0.3, 0.4) is 0 Å². The standard InChI is InChI=1S/C14H28N2O/c1-13-3-9-16(10-4-13)14-5-7-15(8-6-14)11-12-17-2/h13-14H,3-12H2,1-2H3. The Balaban J connectivity index is 1.68. The summed E-state index contributed by atoms with van der Waals surface area (Å²) in [6.07, 6.45) is 5.53. The van der Waals surface area contributed by atoms with Crippen LogP contribution < -0.4 is 0 Å². The van der Waals surface area contributed by atoms with Gasteiger partial charge < -0.3 is 14.5 Å². The van der Waals surface area contributed by atoms with Gasteiger partial charge in [0.1, 0.15) is 0 Å². The van der Waals surface area contributed by atoms with E-state index in [2.05, 4.69) is 16.7 Å². The smallest absolute Gasteiger partial charge is 0.0589 e. The molecule has 0 bridgehead atoms. The van der Waals surface area contributed by atoms with Crippen LogP contribution in [0.2, 0.25) is 0 Å². The first kappa shape index (κ1) is 13.3. The lowest BCUT2D eigenvalue weighted by atomic mass is 9.95. The number of rotatable bonds is 4. The van der Waals surface area contributed by atoms with Gasteiger partial charge in [-0.1, -0.05) is 6.92 Å². The molecular weight excluding hydrogens is 212 g/mol. The highest BCUT2D eigenvalue weighted by atomic mass is 16.5. The van der Waals surface area contributed by atoms with Crippen LogP contribution in [0, 0.1) is 5.92 Å². The quantitative estimate of drug-likeness (QED) is 0.745. The highest BCUT2D eigenvalue weighted by Gasteiger charge is 2.26. The minimum absolute atomic E-state index is 0.862. The van der Waals surface area contributed by atoms with Crippen LogP contribution in [0.1, 0.15) is 32.6 Å². The second-order valence-corrected chi connectivity index (χ2v) is 5.78. The van der Waals surface area contributed by atoms with Crippen molar-refractivity contribution in [3.05, 3.63) is 0 Å². The van der Waals surface area contributed by atoms with Gasteiger partial charge in [0.2, 0.25) is 0 Å². The molecular formula is C14H28N2O. The van der Waals surface area contributed by atoms with E-state index in [4.69, 9.17) is 4.74 Å². The third-order valence-electron chi connectivity index (χ3n) is 4.50. The third-order valence-corrected chi connectivity index (χ3v) is 4.50. The highest BCUT2D eigenvalue weighted by molar-refractivity contribution is 4.82. The molecule has 2 rings (SSSR count). The number of piperidine rings is 2. The lowest BCUT2D eigenvalue weighted by Crippen LogP contribution is -2.48. The van der Waals surface area contributed by atoms with Crippen LogP contribution in [0.25, 0.3) is 0 Å². The first-order valence-electron chi connectivity index (χ1n) is 7.25. The van der Waals surface area contributed by atoms with E-state index in [9.17, 15) is 0 Å². The molecule has 0 amide bonds. The van der Waals surface area contributed by atoms with Crippen molar-refractivity contribution in [1.82, 2.24) is 9.80 Å². The van der Waals surface area contributed by atoms with Gasteiger partial charge in [0, 0.05) is 19.7 Å². The molecule has 0 aromatic rings. The third kappa shape index (κ3) is 3.94. The molecule has 0 radical (unpaired) electrons. The molecule has 3 nitrogen and oxygen atoms in total. The van der Waals surface area contributed by atoms with Crippen molar-refractivity contribution in [2.75, 3.05) is 46.4 Å². The fraction of sp³-hybridized carbons (Fsp3) is 1.00. The summed E-state index contributed by atoms with van der Waals surface area (Å²) in [5, 5.41) is 0. The summed E-state index contributed by atoms with van der Waals surface area (Å²) in [6, 6.07) is 0.862. The first-order valence-corrected chi connectivity index (χ1v) is 7.25. The fourth-order valence-corrected chi connectivity index (χ4v) is 3.12. The zero-order valence-corrected chi connectivity index (χ0v) is 11.5. The Morgan fingerprint density at radius 1 is 1.00 bits per heavy atom. The molecule has 0 atom stereocenters. The average Bonchev–Trinajstić information content (AvgIpc) is 2.38. The Bertz CT molecular complexity index is 206. The number of likely N-dealkylation sites (tertiary alicyclic amines) is 2. The average molecular weight is 240 g/mol. The lowest BCUT2D eigenvalue weighted by molar-refractivity contribution is 0.0679. The van der Waals surface area contributed by atoms with E-state index in [-0.39, 0.29) is 0 Å². The van der Waals surface area contributed by atoms with Crippen molar-refractivity contribution < 1.29 is 4.74 Å². The second-order valence-electron chi connectivity index (χ2n) is 5.78. The van der Waals surface area contributed by atoms with Crippen LogP contribution in [0.15, 0.2) is 0 Å². The fourth-order valence-electron chi connectivity index (χ4n) is 3.12. The van der Waals surface area contributed by atoms with E-state index in [1.54, 1.807) is 7.11 Å². The number of nitrogens with zero attached hydrogens (tertiary/aromatic N) is 2. The Labute approximate surface area is 106 Å². The maximum absolute atomic E-state index is 5.15. The van der Waals surface area contributed by atoms with E-state index in [0.717, 1.165) is 25.1 Å². The zero-order chi connectivity index (χ0) is 12.1. The SMILES string of the molecule is COCCN1CCC(N2CCC(C)CC2)CC1. The molecule has 3 heteroatoms. The van der Waals surface area contributed by atoms with Gasteiger partial charge >= 0.3 is 0 Å². The van der Waals surface area contributed by atoms with Gasteiger partial charge in [-0.05, 0) is 57.8 Å². The van der Waals surface area contributed by atoms with Gasteiger partial charge in [0.05, 0.1) is 6.61 Å². The summed E-state index contributed by atoms with van der Waals surface area (Å²) in [5.74, 6) is 0.952. The van der Waals surface area contributed by atoms with Crippen molar-refractivity contribution >= 4 is 0 Å². The molecule has 0 aromatic heterocycles. The van der Waals surface area contributed by atoms with Crippen molar-refractivity contribution in [3.63, 3.8) is 0 Å². The normalized spacial score (nSPS) is 26.5. The minimum atomic E-state index is 0.862. The van der Waals surface area contributed by atoms with Gasteiger partial charge in [-0.3, -0.25) is 0 Å². The van der Waals surface area contributed by atoms with Crippen molar-refractivity contribution in [3.8, 4) is 0 Å². The van der Waals surface area contributed by atoms with Crippen LogP contribution in [-0.4, -0.2) is 62.3 Å². The molecule has 0 aromatic carbocycles. The minimum Gasteiger partial charge on any atom is -0.383 e. The van der Waals surface area contributed by atoms with E-state index < -0.39 is 0 Å². The first-order chi connectivity index (χ1) is 8.29. The summed E-state index contributed by atoms with van der Waals surface area (Å²) in [6.45, 7) is 9.59. The van der Waals surface area contributed by atoms with E-state index in [1.165, 1.54) is 51.9 Å². The summed E-state index contributed by atoms with van der Waals surface area (Å²) >= 11 is 0. The van der Waals surface area contributed by atoms with Gasteiger partial charge in [0.15, 0.2) is 0 Å². The molecule has 0 aliphatic carbocycles. The Morgan fingerprint density at radius 3 is 2.24 bits per heavy atom. The molecule has 2 aliphatic rings. The van der Waals surface area contributed by atoms with Gasteiger partial charge in [-0.25, -0.2) is 0 Å². The molecule has 100 valence electrons. The summed E-state index contributed by atoms with van der Waals surface area (Å²) in [7, 11) is 1.79. The topological polar surface area (TPSA) is 15.7 Å². The predicted octanol–water partition coefficient (Wildman–Crippen LogP) is 1.83. The van der Waals surface area contributed by atoms with E-state index in [1.807, 2.05) is 0 Å². The molecule has 0 saturated carbocycles. The largest absolute Gasteiger partial charge is 0.383 e. The number of ether oxygens (including phenoxy) is 1. The summed E-state index contributed by atoms with van der Waals surface area (Å²) < 4.78 is 5.15. The van der Waals surface area contributed by atoms with Crippen LogP contribution in [0.4, 0.5) is 0 Å². The second kappa shape index (κ2) is 6.72. The lowest BCUT2D eigenvalue weighted by Gasteiger charge is -2.41. The van der Waals surface area contributed by atoms with Crippen LogP contribution in [0.5, 0.6) is 0 Å². The van der Waals surface area contributed by atoms with Gasteiger partial charge in [-0.15, -0.1) is 0 Å². The maximum atomic E-state index is 5.15. The summed E-state index contributed by atoms with van der Waals surface area (Å²) in [4.78, 5) is 5.29.